The van der Waals surface area contributed by atoms with Crippen molar-refractivity contribution in [3.8, 4) is 22.4 Å². The van der Waals surface area contributed by atoms with E-state index in [1.165, 1.54) is 0 Å². The van der Waals surface area contributed by atoms with Gasteiger partial charge >= 0.3 is 0 Å². The highest BCUT2D eigenvalue weighted by Gasteiger charge is 2.20. The maximum Gasteiger partial charge on any atom is 0.230 e. The molecule has 2 N–H and O–H groups in total. The van der Waals surface area contributed by atoms with Crippen LogP contribution in [0.2, 0.25) is 5.02 Å². The molecule has 0 atom stereocenters. The molecule has 106 valence electrons. The van der Waals surface area contributed by atoms with Gasteiger partial charge in [0.2, 0.25) is 5.88 Å². The standard InChI is InChI=1S/C16H12ClFN2O/c1-9-4-2-7-12(14(9)18)15-13(16(19)21-20-15)10-5-3-6-11(17)8-10/h2-8H,19H2,1H3. The van der Waals surface area contributed by atoms with Gasteiger partial charge in [0.05, 0.1) is 5.56 Å². The Morgan fingerprint density at radius 3 is 2.71 bits per heavy atom. The summed E-state index contributed by atoms with van der Waals surface area (Å²) in [7, 11) is 0. The van der Waals surface area contributed by atoms with E-state index in [0.717, 1.165) is 5.56 Å². The minimum absolute atomic E-state index is 0.133. The lowest BCUT2D eigenvalue weighted by atomic mass is 9.99. The van der Waals surface area contributed by atoms with E-state index in [1.54, 1.807) is 43.3 Å². The third-order valence-electron chi connectivity index (χ3n) is 3.28. The Morgan fingerprint density at radius 1 is 1.19 bits per heavy atom. The molecular weight excluding hydrogens is 291 g/mol. The number of hydrogen-bond acceptors (Lipinski definition) is 3. The summed E-state index contributed by atoms with van der Waals surface area (Å²) in [6, 6.07) is 12.2. The highest BCUT2D eigenvalue weighted by Crippen LogP contribution is 2.38. The first-order valence-corrected chi connectivity index (χ1v) is 6.72. The van der Waals surface area contributed by atoms with Gasteiger partial charge in [-0.05, 0) is 36.2 Å². The zero-order chi connectivity index (χ0) is 15.0. The number of nitrogens with two attached hydrogens (primary N) is 1. The highest BCUT2D eigenvalue weighted by atomic mass is 35.5. The Kier molecular flexibility index (Phi) is 3.39. The summed E-state index contributed by atoms with van der Waals surface area (Å²) in [6.07, 6.45) is 0. The van der Waals surface area contributed by atoms with Crippen molar-refractivity contribution in [1.82, 2.24) is 5.16 Å². The van der Waals surface area contributed by atoms with Gasteiger partial charge in [-0.3, -0.25) is 0 Å². The topological polar surface area (TPSA) is 52.0 Å². The fourth-order valence-corrected chi connectivity index (χ4v) is 2.43. The predicted molar refractivity (Wildman–Crippen MR) is 81.5 cm³/mol. The monoisotopic (exact) mass is 302 g/mol. The van der Waals surface area contributed by atoms with Crippen molar-refractivity contribution in [2.75, 3.05) is 5.73 Å². The highest BCUT2D eigenvalue weighted by molar-refractivity contribution is 6.30. The van der Waals surface area contributed by atoms with Crippen LogP contribution < -0.4 is 5.73 Å². The van der Waals surface area contributed by atoms with Crippen LogP contribution in [0.25, 0.3) is 22.4 Å². The zero-order valence-electron chi connectivity index (χ0n) is 11.2. The molecule has 0 aliphatic rings. The number of aromatic nitrogens is 1. The van der Waals surface area contributed by atoms with Gasteiger partial charge in [-0.25, -0.2) is 4.39 Å². The van der Waals surface area contributed by atoms with Crippen molar-refractivity contribution in [1.29, 1.82) is 0 Å². The number of halogens is 2. The second kappa shape index (κ2) is 5.22. The molecule has 0 bridgehead atoms. The van der Waals surface area contributed by atoms with Crippen molar-refractivity contribution >= 4 is 17.5 Å². The minimum atomic E-state index is -0.339. The van der Waals surface area contributed by atoms with Crippen molar-refractivity contribution in [2.24, 2.45) is 0 Å². The smallest absolute Gasteiger partial charge is 0.230 e. The minimum Gasteiger partial charge on any atom is -0.367 e. The Bertz CT molecular complexity index is 814. The van der Waals surface area contributed by atoms with Crippen molar-refractivity contribution in [3.63, 3.8) is 0 Å². The first-order valence-electron chi connectivity index (χ1n) is 6.34. The van der Waals surface area contributed by atoms with E-state index in [4.69, 9.17) is 21.9 Å². The SMILES string of the molecule is Cc1cccc(-c2noc(N)c2-c2cccc(Cl)c2)c1F. The van der Waals surface area contributed by atoms with E-state index in [0.29, 0.717) is 27.4 Å². The maximum atomic E-state index is 14.3. The molecule has 0 aliphatic heterocycles. The summed E-state index contributed by atoms with van der Waals surface area (Å²) >= 11 is 6.00. The van der Waals surface area contributed by atoms with Crippen LogP contribution in [0, 0.1) is 12.7 Å². The Labute approximate surface area is 126 Å². The predicted octanol–water partition coefficient (Wildman–Crippen LogP) is 4.69. The molecule has 0 radical (unpaired) electrons. The molecule has 2 aromatic carbocycles. The van der Waals surface area contributed by atoms with E-state index >= 15 is 0 Å². The molecule has 0 fully saturated rings. The Balaban J connectivity index is 2.24. The van der Waals surface area contributed by atoms with Gasteiger partial charge < -0.3 is 10.3 Å². The van der Waals surface area contributed by atoms with Crippen LogP contribution in [0.15, 0.2) is 47.0 Å². The second-order valence-electron chi connectivity index (χ2n) is 4.72. The number of aryl methyl sites for hydroxylation is 1. The van der Waals surface area contributed by atoms with Crippen molar-refractivity contribution in [3.05, 3.63) is 58.9 Å². The number of benzene rings is 2. The van der Waals surface area contributed by atoms with Gasteiger partial charge in [0.25, 0.3) is 0 Å². The summed E-state index contributed by atoms with van der Waals surface area (Å²) in [4.78, 5) is 0. The molecule has 0 aliphatic carbocycles. The van der Waals surface area contributed by atoms with E-state index in [-0.39, 0.29) is 11.7 Å². The Hall–Kier alpha value is -2.33. The van der Waals surface area contributed by atoms with Crippen LogP contribution in [-0.4, -0.2) is 5.16 Å². The van der Waals surface area contributed by atoms with Crippen LogP contribution in [0.1, 0.15) is 5.56 Å². The summed E-state index contributed by atoms with van der Waals surface area (Å²) in [6.45, 7) is 1.70. The molecule has 1 heterocycles. The van der Waals surface area contributed by atoms with Gasteiger partial charge in [-0.15, -0.1) is 0 Å². The molecular formula is C16H12ClFN2O. The van der Waals surface area contributed by atoms with E-state index in [2.05, 4.69) is 5.16 Å². The molecule has 5 heteroatoms. The van der Waals surface area contributed by atoms with Crippen LogP contribution in [0.3, 0.4) is 0 Å². The van der Waals surface area contributed by atoms with Crippen LogP contribution in [0.5, 0.6) is 0 Å². The lowest BCUT2D eigenvalue weighted by Gasteiger charge is -2.06. The fraction of sp³-hybridized carbons (Fsp3) is 0.0625. The van der Waals surface area contributed by atoms with Crippen LogP contribution in [-0.2, 0) is 0 Å². The quantitative estimate of drug-likeness (QED) is 0.747. The van der Waals surface area contributed by atoms with Crippen LogP contribution in [0.4, 0.5) is 10.3 Å². The number of anilines is 1. The van der Waals surface area contributed by atoms with Crippen molar-refractivity contribution < 1.29 is 8.91 Å². The molecule has 3 nitrogen and oxygen atoms in total. The summed E-state index contributed by atoms with van der Waals surface area (Å²) in [5.41, 5.74) is 8.39. The zero-order valence-corrected chi connectivity index (χ0v) is 12.0. The van der Waals surface area contributed by atoms with Gasteiger partial charge in [0.15, 0.2) is 0 Å². The van der Waals surface area contributed by atoms with E-state index < -0.39 is 0 Å². The number of nitrogen functional groups attached to an aromatic ring is 1. The molecule has 0 amide bonds. The van der Waals surface area contributed by atoms with E-state index in [9.17, 15) is 4.39 Å². The first-order chi connectivity index (χ1) is 10.1. The second-order valence-corrected chi connectivity index (χ2v) is 5.15. The average molecular weight is 303 g/mol. The molecule has 3 aromatic rings. The number of nitrogens with zero attached hydrogens (tertiary/aromatic N) is 1. The van der Waals surface area contributed by atoms with Gasteiger partial charge in [0.1, 0.15) is 11.5 Å². The number of hydrogen-bond donors (Lipinski definition) is 1. The molecule has 1 aromatic heterocycles. The third-order valence-corrected chi connectivity index (χ3v) is 3.51. The third kappa shape index (κ3) is 2.38. The summed E-state index contributed by atoms with van der Waals surface area (Å²) < 4.78 is 19.4. The molecule has 0 saturated heterocycles. The summed E-state index contributed by atoms with van der Waals surface area (Å²) in [5, 5.41) is 4.47. The first kappa shape index (κ1) is 13.6. The lowest BCUT2D eigenvalue weighted by Crippen LogP contribution is -1.92. The van der Waals surface area contributed by atoms with Crippen molar-refractivity contribution in [2.45, 2.75) is 6.92 Å². The fourth-order valence-electron chi connectivity index (χ4n) is 2.24. The molecule has 0 spiro atoms. The lowest BCUT2D eigenvalue weighted by molar-refractivity contribution is 0.439. The largest absolute Gasteiger partial charge is 0.367 e. The Morgan fingerprint density at radius 2 is 1.95 bits per heavy atom. The van der Waals surface area contributed by atoms with Gasteiger partial charge in [-0.2, -0.15) is 0 Å². The average Bonchev–Trinajstić information content (AvgIpc) is 2.83. The van der Waals surface area contributed by atoms with Crippen LogP contribution >= 0.6 is 11.6 Å². The molecule has 3 rings (SSSR count). The number of rotatable bonds is 2. The molecule has 0 unspecified atom stereocenters. The summed E-state index contributed by atoms with van der Waals surface area (Å²) in [5.74, 6) is -0.206. The molecule has 21 heavy (non-hydrogen) atoms. The van der Waals surface area contributed by atoms with Gasteiger partial charge in [0, 0.05) is 10.6 Å². The normalized spacial score (nSPS) is 10.8. The maximum absolute atomic E-state index is 14.3. The molecule has 0 saturated carbocycles. The van der Waals surface area contributed by atoms with E-state index in [1.807, 2.05) is 6.07 Å². The van der Waals surface area contributed by atoms with Gasteiger partial charge in [-0.1, -0.05) is 41.0 Å².